The number of fused-ring (bicyclic) bond motifs is 2. The van der Waals surface area contributed by atoms with Gasteiger partial charge in [0.25, 0.3) is 0 Å². The molecule has 2 nitrogen and oxygen atoms in total. The monoisotopic (exact) mass is 338 g/mol. The van der Waals surface area contributed by atoms with Crippen molar-refractivity contribution in [3.63, 3.8) is 0 Å². The van der Waals surface area contributed by atoms with Crippen molar-refractivity contribution in [1.82, 2.24) is 9.97 Å². The number of rotatable bonds is 1. The van der Waals surface area contributed by atoms with Crippen LogP contribution in [-0.4, -0.2) is 9.97 Å². The van der Waals surface area contributed by atoms with E-state index in [0.29, 0.717) is 5.92 Å². The fraction of sp³-hybridized carbons (Fsp3) is 0.357. The quantitative estimate of drug-likeness (QED) is 0.533. The van der Waals surface area contributed by atoms with Gasteiger partial charge >= 0.3 is 0 Å². The number of aromatic nitrogens is 2. The van der Waals surface area contributed by atoms with Crippen molar-refractivity contribution in [2.75, 3.05) is 0 Å². The maximum absolute atomic E-state index is 4.63. The average Bonchev–Trinajstić information content (AvgIpc) is 2.68. The van der Waals surface area contributed by atoms with Crippen LogP contribution < -0.4 is 0 Å². The fourth-order valence-electron chi connectivity index (χ4n) is 2.38. The normalized spacial score (nSPS) is 13.6. The molecule has 0 spiro atoms. The molecule has 0 bridgehead atoms. The molecule has 17 heavy (non-hydrogen) atoms. The van der Waals surface area contributed by atoms with Crippen LogP contribution in [0.4, 0.5) is 0 Å². The highest BCUT2D eigenvalue weighted by molar-refractivity contribution is 14.1. The van der Waals surface area contributed by atoms with Crippen molar-refractivity contribution < 1.29 is 0 Å². The fourth-order valence-corrected chi connectivity index (χ4v) is 2.85. The Morgan fingerprint density at radius 2 is 2.06 bits per heavy atom. The molecule has 0 radical (unpaired) electrons. The molecule has 0 aromatic carbocycles. The van der Waals surface area contributed by atoms with Crippen LogP contribution in [0.15, 0.2) is 18.2 Å². The van der Waals surface area contributed by atoms with E-state index in [2.05, 4.69) is 64.6 Å². The molecule has 0 atom stereocenters. The van der Waals surface area contributed by atoms with Gasteiger partial charge in [0, 0.05) is 24.2 Å². The third kappa shape index (κ3) is 2.01. The van der Waals surface area contributed by atoms with Crippen LogP contribution in [0.1, 0.15) is 48.0 Å². The SMILES string of the molecule is CC(C)c1cc2c([nH]1)Cc1nc(I)ccc1C2. The Morgan fingerprint density at radius 1 is 1.24 bits per heavy atom. The predicted octanol–water partition coefficient (Wildman–Crippen LogP) is 3.63. The number of nitrogens with zero attached hydrogens (tertiary/aromatic N) is 1. The van der Waals surface area contributed by atoms with Crippen molar-refractivity contribution in [3.05, 3.63) is 50.1 Å². The Hall–Kier alpha value is -0.840. The summed E-state index contributed by atoms with van der Waals surface area (Å²) in [5.74, 6) is 0.566. The van der Waals surface area contributed by atoms with Gasteiger partial charge in [0.05, 0.1) is 5.69 Å². The molecule has 2 heterocycles. The van der Waals surface area contributed by atoms with Crippen molar-refractivity contribution in [1.29, 1.82) is 0 Å². The molecule has 3 heteroatoms. The zero-order valence-corrected chi connectivity index (χ0v) is 12.2. The molecule has 1 N–H and O–H groups in total. The second-order valence-electron chi connectivity index (χ2n) is 4.98. The molecule has 0 aliphatic heterocycles. The summed E-state index contributed by atoms with van der Waals surface area (Å²) in [5, 5.41) is 0. The number of halogens is 1. The summed E-state index contributed by atoms with van der Waals surface area (Å²) in [5.41, 5.74) is 6.77. The van der Waals surface area contributed by atoms with Gasteiger partial charge in [-0.15, -0.1) is 0 Å². The lowest BCUT2D eigenvalue weighted by molar-refractivity contribution is 0.821. The zero-order valence-electron chi connectivity index (χ0n) is 10.0. The van der Waals surface area contributed by atoms with E-state index in [-0.39, 0.29) is 0 Å². The lowest BCUT2D eigenvalue weighted by atomic mass is 9.94. The van der Waals surface area contributed by atoms with E-state index in [9.17, 15) is 0 Å². The molecule has 0 saturated heterocycles. The largest absolute Gasteiger partial charge is 0.361 e. The molecule has 0 saturated carbocycles. The average molecular weight is 338 g/mol. The van der Waals surface area contributed by atoms with E-state index >= 15 is 0 Å². The predicted molar refractivity (Wildman–Crippen MR) is 77.4 cm³/mol. The minimum Gasteiger partial charge on any atom is -0.361 e. The first kappa shape index (κ1) is 11.3. The number of hydrogen-bond donors (Lipinski definition) is 1. The maximum atomic E-state index is 4.63. The summed E-state index contributed by atoms with van der Waals surface area (Å²) < 4.78 is 1.08. The Balaban J connectivity index is 2.02. The summed E-state index contributed by atoms with van der Waals surface area (Å²) in [6.07, 6.45) is 1.98. The van der Waals surface area contributed by atoms with E-state index < -0.39 is 0 Å². The van der Waals surface area contributed by atoms with Gasteiger partial charge in [-0.3, -0.25) is 0 Å². The van der Waals surface area contributed by atoms with E-state index in [0.717, 1.165) is 16.5 Å². The zero-order chi connectivity index (χ0) is 12.0. The van der Waals surface area contributed by atoms with E-state index in [1.54, 1.807) is 0 Å². The van der Waals surface area contributed by atoms with Crippen LogP contribution in [0.3, 0.4) is 0 Å². The highest BCUT2D eigenvalue weighted by atomic mass is 127. The molecular formula is C14H15IN2. The van der Waals surface area contributed by atoms with E-state index in [1.807, 2.05) is 0 Å². The van der Waals surface area contributed by atoms with Gasteiger partial charge in [-0.2, -0.15) is 0 Å². The number of pyridine rings is 1. The number of hydrogen-bond acceptors (Lipinski definition) is 1. The summed E-state index contributed by atoms with van der Waals surface area (Å²) >= 11 is 2.28. The lowest BCUT2D eigenvalue weighted by Gasteiger charge is -2.15. The molecule has 1 aliphatic carbocycles. The minimum atomic E-state index is 0.566. The van der Waals surface area contributed by atoms with Crippen LogP contribution >= 0.6 is 22.6 Å². The third-order valence-electron chi connectivity index (χ3n) is 3.39. The molecule has 0 fully saturated rings. The third-order valence-corrected chi connectivity index (χ3v) is 3.99. The number of H-pyrrole nitrogens is 1. The first-order valence-corrected chi connectivity index (χ1v) is 7.06. The van der Waals surface area contributed by atoms with Gasteiger partial charge in [-0.25, -0.2) is 4.98 Å². The summed E-state index contributed by atoms with van der Waals surface area (Å²) in [7, 11) is 0. The van der Waals surface area contributed by atoms with Crippen LogP contribution in [0.5, 0.6) is 0 Å². The summed E-state index contributed by atoms with van der Waals surface area (Å²) in [4.78, 5) is 8.18. The van der Waals surface area contributed by atoms with Gasteiger partial charge in [0.15, 0.2) is 0 Å². The molecular weight excluding hydrogens is 323 g/mol. The van der Waals surface area contributed by atoms with Gasteiger partial charge < -0.3 is 4.98 Å². The van der Waals surface area contributed by atoms with Gasteiger partial charge in [-0.05, 0) is 51.8 Å². The number of nitrogens with one attached hydrogen (secondary N) is 1. The van der Waals surface area contributed by atoms with Crippen LogP contribution in [-0.2, 0) is 12.8 Å². The Morgan fingerprint density at radius 3 is 2.82 bits per heavy atom. The maximum Gasteiger partial charge on any atom is 0.101 e. The lowest BCUT2D eigenvalue weighted by Crippen LogP contribution is -2.08. The Bertz CT molecular complexity index is 570. The molecule has 2 aromatic rings. The van der Waals surface area contributed by atoms with Crippen molar-refractivity contribution in [2.24, 2.45) is 0 Å². The first-order chi connectivity index (χ1) is 8.13. The van der Waals surface area contributed by atoms with Crippen molar-refractivity contribution >= 4 is 22.6 Å². The van der Waals surface area contributed by atoms with Gasteiger partial charge in [0.1, 0.15) is 3.70 Å². The van der Waals surface area contributed by atoms with E-state index in [4.69, 9.17) is 0 Å². The Kier molecular flexibility index (Phi) is 2.73. The molecule has 88 valence electrons. The standard InChI is InChI=1S/C14H15IN2/c1-8(2)11-6-10-5-9-3-4-14(15)17-12(9)7-13(10)16-11/h3-4,6,8,16H,5,7H2,1-2H3. The summed E-state index contributed by atoms with van der Waals surface area (Å²) in [6.45, 7) is 4.46. The van der Waals surface area contributed by atoms with Crippen LogP contribution in [0.2, 0.25) is 0 Å². The molecule has 3 rings (SSSR count). The molecule has 0 unspecified atom stereocenters. The molecule has 0 amide bonds. The topological polar surface area (TPSA) is 28.7 Å². The smallest absolute Gasteiger partial charge is 0.101 e. The molecule has 2 aromatic heterocycles. The minimum absolute atomic E-state index is 0.566. The Labute approximate surface area is 115 Å². The van der Waals surface area contributed by atoms with E-state index in [1.165, 1.54) is 28.2 Å². The van der Waals surface area contributed by atoms with Crippen LogP contribution in [0.25, 0.3) is 0 Å². The van der Waals surface area contributed by atoms with Crippen LogP contribution in [0, 0.1) is 3.70 Å². The summed E-state index contributed by atoms with van der Waals surface area (Å²) in [6, 6.07) is 6.64. The first-order valence-electron chi connectivity index (χ1n) is 5.98. The van der Waals surface area contributed by atoms with Crippen molar-refractivity contribution in [3.8, 4) is 0 Å². The van der Waals surface area contributed by atoms with Gasteiger partial charge in [-0.1, -0.05) is 19.9 Å². The second kappa shape index (κ2) is 4.12. The van der Waals surface area contributed by atoms with Gasteiger partial charge in [0.2, 0.25) is 0 Å². The number of aromatic amines is 1. The second-order valence-corrected chi connectivity index (χ2v) is 6.08. The highest BCUT2D eigenvalue weighted by Gasteiger charge is 2.19. The van der Waals surface area contributed by atoms with Crippen molar-refractivity contribution in [2.45, 2.75) is 32.6 Å². The molecule has 1 aliphatic rings. The highest BCUT2D eigenvalue weighted by Crippen LogP contribution is 2.28.